The van der Waals surface area contributed by atoms with Crippen LogP contribution in [-0.4, -0.2) is 15.0 Å². The smallest absolute Gasteiger partial charge is 0.130 e. The van der Waals surface area contributed by atoms with Crippen molar-refractivity contribution in [3.05, 3.63) is 78.1 Å². The zero-order valence-corrected chi connectivity index (χ0v) is 14.5. The van der Waals surface area contributed by atoms with Crippen molar-refractivity contribution in [2.24, 2.45) is 0 Å². The van der Waals surface area contributed by atoms with E-state index >= 15 is 0 Å². The first-order valence-electron chi connectivity index (χ1n) is 7.95. The SMILES string of the molecule is Cc1cccc(-c2scnc2-c2ccnc(Nc3ccccc3)c2)n1. The highest BCUT2D eigenvalue weighted by Gasteiger charge is 2.13. The molecule has 0 aliphatic rings. The molecule has 3 aromatic heterocycles. The summed E-state index contributed by atoms with van der Waals surface area (Å²) in [5.41, 5.74) is 6.77. The quantitative estimate of drug-likeness (QED) is 0.544. The number of rotatable bonds is 4. The van der Waals surface area contributed by atoms with Gasteiger partial charge in [0.05, 0.1) is 21.8 Å². The molecule has 0 radical (unpaired) electrons. The molecule has 4 aromatic rings. The van der Waals surface area contributed by atoms with Gasteiger partial charge < -0.3 is 5.32 Å². The number of hydrogen-bond donors (Lipinski definition) is 1. The molecule has 0 atom stereocenters. The maximum absolute atomic E-state index is 4.63. The Bertz CT molecular complexity index is 995. The standard InChI is InChI=1S/C20H16N4S/c1-14-6-5-9-17(23-14)20-19(22-13-25-20)15-10-11-21-18(12-15)24-16-7-3-2-4-8-16/h2-13H,1H3,(H,21,24). The van der Waals surface area contributed by atoms with E-state index in [-0.39, 0.29) is 0 Å². The van der Waals surface area contributed by atoms with Crippen LogP contribution < -0.4 is 5.32 Å². The van der Waals surface area contributed by atoms with Crippen LogP contribution in [0.15, 0.2) is 72.4 Å². The van der Waals surface area contributed by atoms with Gasteiger partial charge in [0.1, 0.15) is 5.82 Å². The molecule has 0 saturated carbocycles. The van der Waals surface area contributed by atoms with Crippen molar-refractivity contribution >= 4 is 22.8 Å². The van der Waals surface area contributed by atoms with Crippen LogP contribution in [0, 0.1) is 6.92 Å². The predicted octanol–water partition coefficient (Wildman–Crippen LogP) is 5.32. The lowest BCUT2D eigenvalue weighted by Gasteiger charge is -2.08. The number of aromatic nitrogens is 3. The Balaban J connectivity index is 1.70. The zero-order valence-electron chi connectivity index (χ0n) is 13.7. The molecule has 0 fully saturated rings. The van der Waals surface area contributed by atoms with Crippen molar-refractivity contribution in [1.29, 1.82) is 0 Å². The first-order valence-corrected chi connectivity index (χ1v) is 8.83. The molecule has 0 spiro atoms. The van der Waals surface area contributed by atoms with Gasteiger partial charge in [-0.25, -0.2) is 9.97 Å². The molecule has 1 N–H and O–H groups in total. The van der Waals surface area contributed by atoms with E-state index in [1.54, 1.807) is 17.5 Å². The van der Waals surface area contributed by atoms with Crippen molar-refractivity contribution in [1.82, 2.24) is 15.0 Å². The summed E-state index contributed by atoms with van der Waals surface area (Å²) in [5, 5.41) is 3.32. The van der Waals surface area contributed by atoms with Gasteiger partial charge in [0.2, 0.25) is 0 Å². The van der Waals surface area contributed by atoms with Crippen LogP contribution in [-0.2, 0) is 0 Å². The number of aryl methyl sites for hydroxylation is 1. The molecule has 0 unspecified atom stereocenters. The average Bonchev–Trinajstić information content (AvgIpc) is 3.13. The Morgan fingerprint density at radius 3 is 2.64 bits per heavy atom. The fourth-order valence-corrected chi connectivity index (χ4v) is 3.40. The van der Waals surface area contributed by atoms with E-state index in [1.165, 1.54) is 0 Å². The Hall–Kier alpha value is -3.05. The Morgan fingerprint density at radius 1 is 0.920 bits per heavy atom. The summed E-state index contributed by atoms with van der Waals surface area (Å²) in [6, 6.07) is 20.0. The maximum atomic E-state index is 4.63. The minimum Gasteiger partial charge on any atom is -0.340 e. The van der Waals surface area contributed by atoms with Gasteiger partial charge in [-0.3, -0.25) is 4.98 Å². The molecule has 0 aliphatic carbocycles. The van der Waals surface area contributed by atoms with Gasteiger partial charge in [-0.05, 0) is 43.3 Å². The Labute approximate surface area is 150 Å². The summed E-state index contributed by atoms with van der Waals surface area (Å²) in [5.74, 6) is 0.792. The van der Waals surface area contributed by atoms with Crippen LogP contribution in [0.3, 0.4) is 0 Å². The van der Waals surface area contributed by atoms with E-state index < -0.39 is 0 Å². The molecule has 4 rings (SSSR count). The number of para-hydroxylation sites is 1. The largest absolute Gasteiger partial charge is 0.340 e. The lowest BCUT2D eigenvalue weighted by atomic mass is 10.1. The van der Waals surface area contributed by atoms with Crippen molar-refractivity contribution in [3.8, 4) is 21.8 Å². The van der Waals surface area contributed by atoms with Gasteiger partial charge in [-0.2, -0.15) is 0 Å². The summed E-state index contributed by atoms with van der Waals surface area (Å²) in [6.45, 7) is 2.00. The molecule has 0 amide bonds. The second-order valence-corrected chi connectivity index (χ2v) is 6.47. The van der Waals surface area contributed by atoms with Crippen LogP contribution in [0.1, 0.15) is 5.69 Å². The van der Waals surface area contributed by atoms with Gasteiger partial charge in [0.15, 0.2) is 0 Å². The average molecular weight is 344 g/mol. The third kappa shape index (κ3) is 3.41. The summed E-state index contributed by atoms with van der Waals surface area (Å²) in [4.78, 5) is 14.7. The van der Waals surface area contributed by atoms with E-state index in [1.807, 2.05) is 73.1 Å². The Morgan fingerprint density at radius 2 is 1.80 bits per heavy atom. The molecule has 0 aliphatic heterocycles. The number of benzene rings is 1. The van der Waals surface area contributed by atoms with Crippen LogP contribution in [0.5, 0.6) is 0 Å². The van der Waals surface area contributed by atoms with Crippen molar-refractivity contribution in [3.63, 3.8) is 0 Å². The molecular weight excluding hydrogens is 328 g/mol. The van der Waals surface area contributed by atoms with E-state index in [4.69, 9.17) is 0 Å². The lowest BCUT2D eigenvalue weighted by Crippen LogP contribution is -1.94. The van der Waals surface area contributed by atoms with Crippen molar-refractivity contribution in [2.75, 3.05) is 5.32 Å². The maximum Gasteiger partial charge on any atom is 0.130 e. The van der Waals surface area contributed by atoms with Gasteiger partial charge in [0.25, 0.3) is 0 Å². The highest BCUT2D eigenvalue weighted by atomic mass is 32.1. The monoisotopic (exact) mass is 344 g/mol. The molecule has 25 heavy (non-hydrogen) atoms. The molecule has 122 valence electrons. The van der Waals surface area contributed by atoms with E-state index in [9.17, 15) is 0 Å². The van der Waals surface area contributed by atoms with Crippen LogP contribution in [0.25, 0.3) is 21.8 Å². The number of nitrogens with one attached hydrogen (secondary N) is 1. The molecular formula is C20H16N4S. The van der Waals surface area contributed by atoms with Crippen LogP contribution >= 0.6 is 11.3 Å². The lowest BCUT2D eigenvalue weighted by molar-refractivity contribution is 1.21. The second-order valence-electron chi connectivity index (χ2n) is 5.62. The fraction of sp³-hybridized carbons (Fsp3) is 0.0500. The number of thiazole rings is 1. The summed E-state index contributed by atoms with van der Waals surface area (Å²) < 4.78 is 0. The van der Waals surface area contributed by atoms with E-state index in [2.05, 4.69) is 20.3 Å². The molecule has 3 heterocycles. The molecule has 0 bridgehead atoms. The molecule has 5 heteroatoms. The van der Waals surface area contributed by atoms with E-state index in [0.717, 1.165) is 39.0 Å². The van der Waals surface area contributed by atoms with Crippen molar-refractivity contribution < 1.29 is 0 Å². The Kier molecular flexibility index (Phi) is 4.23. The normalized spacial score (nSPS) is 10.6. The number of hydrogen-bond acceptors (Lipinski definition) is 5. The predicted molar refractivity (Wildman–Crippen MR) is 103 cm³/mol. The fourth-order valence-electron chi connectivity index (χ4n) is 2.62. The first-order chi connectivity index (χ1) is 12.3. The zero-order chi connectivity index (χ0) is 17.1. The van der Waals surface area contributed by atoms with Gasteiger partial charge in [0, 0.05) is 23.1 Å². The third-order valence-corrected chi connectivity index (χ3v) is 4.62. The topological polar surface area (TPSA) is 50.7 Å². The van der Waals surface area contributed by atoms with E-state index in [0.29, 0.717) is 0 Å². The summed E-state index contributed by atoms with van der Waals surface area (Å²) in [7, 11) is 0. The summed E-state index contributed by atoms with van der Waals surface area (Å²) in [6.07, 6.45) is 1.80. The van der Waals surface area contributed by atoms with Gasteiger partial charge in [-0.15, -0.1) is 11.3 Å². The number of nitrogens with zero attached hydrogens (tertiary/aromatic N) is 3. The highest BCUT2D eigenvalue weighted by molar-refractivity contribution is 7.13. The van der Waals surface area contributed by atoms with Gasteiger partial charge >= 0.3 is 0 Å². The minimum absolute atomic E-state index is 0.792. The number of pyridine rings is 2. The first kappa shape index (κ1) is 15.5. The minimum atomic E-state index is 0.792. The highest BCUT2D eigenvalue weighted by Crippen LogP contribution is 2.34. The van der Waals surface area contributed by atoms with Crippen LogP contribution in [0.2, 0.25) is 0 Å². The molecule has 0 saturated heterocycles. The third-order valence-electron chi connectivity index (χ3n) is 3.77. The number of anilines is 2. The van der Waals surface area contributed by atoms with Crippen LogP contribution in [0.4, 0.5) is 11.5 Å². The van der Waals surface area contributed by atoms with Gasteiger partial charge in [-0.1, -0.05) is 24.3 Å². The summed E-state index contributed by atoms with van der Waals surface area (Å²) >= 11 is 1.60. The molecule has 4 nitrogen and oxygen atoms in total. The molecule has 1 aromatic carbocycles. The van der Waals surface area contributed by atoms with Crippen molar-refractivity contribution in [2.45, 2.75) is 6.92 Å². The second kappa shape index (κ2) is 6.83.